The number of carbonyl (C=O) groups excluding carboxylic acids is 1. The zero-order valence-corrected chi connectivity index (χ0v) is 10.8. The van der Waals surface area contributed by atoms with Crippen molar-refractivity contribution in [1.82, 2.24) is 4.98 Å². The number of nitro benzene ring substituents is 1. The lowest BCUT2D eigenvalue weighted by molar-refractivity contribution is -0.384. The van der Waals surface area contributed by atoms with Gasteiger partial charge in [-0.1, -0.05) is 0 Å². The highest BCUT2D eigenvalue weighted by atomic mass is 32.1. The second-order valence-electron chi connectivity index (χ2n) is 3.55. The summed E-state index contributed by atoms with van der Waals surface area (Å²) in [7, 11) is 0. The summed E-state index contributed by atoms with van der Waals surface area (Å²) < 4.78 is 4.87. The average molecular weight is 278 g/mol. The first-order chi connectivity index (χ1) is 9.11. The quantitative estimate of drug-likeness (QED) is 0.488. The van der Waals surface area contributed by atoms with Crippen molar-refractivity contribution >= 4 is 23.0 Å². The molecule has 0 fully saturated rings. The van der Waals surface area contributed by atoms with Crippen LogP contribution < -0.4 is 0 Å². The highest BCUT2D eigenvalue weighted by Crippen LogP contribution is 2.27. The molecule has 0 saturated carbocycles. The number of thiazole rings is 1. The molecule has 1 heterocycles. The van der Waals surface area contributed by atoms with E-state index >= 15 is 0 Å². The van der Waals surface area contributed by atoms with Crippen LogP contribution in [-0.2, 0) is 4.74 Å². The SMILES string of the molecule is CCOC(=O)c1cnc(-c2ccc([N+](=O)[O-])cc2)s1. The van der Waals surface area contributed by atoms with Crippen molar-refractivity contribution in [3.05, 3.63) is 45.5 Å². The van der Waals surface area contributed by atoms with Crippen molar-refractivity contribution in [1.29, 1.82) is 0 Å². The monoisotopic (exact) mass is 278 g/mol. The highest BCUT2D eigenvalue weighted by molar-refractivity contribution is 7.16. The van der Waals surface area contributed by atoms with Gasteiger partial charge in [0.25, 0.3) is 5.69 Å². The molecule has 1 aromatic carbocycles. The number of hydrogen-bond acceptors (Lipinski definition) is 6. The van der Waals surface area contributed by atoms with Crippen LogP contribution in [0, 0.1) is 10.1 Å². The average Bonchev–Trinajstić information content (AvgIpc) is 2.89. The van der Waals surface area contributed by atoms with Gasteiger partial charge in [0.15, 0.2) is 0 Å². The third-order valence-corrected chi connectivity index (χ3v) is 3.33. The topological polar surface area (TPSA) is 82.3 Å². The number of aromatic nitrogens is 1. The molecule has 0 amide bonds. The van der Waals surface area contributed by atoms with Crippen molar-refractivity contribution in [3.63, 3.8) is 0 Å². The Hall–Kier alpha value is -2.28. The fourth-order valence-corrected chi connectivity index (χ4v) is 2.25. The Balaban J connectivity index is 2.23. The third kappa shape index (κ3) is 2.94. The molecule has 0 N–H and O–H groups in total. The smallest absolute Gasteiger partial charge is 0.349 e. The van der Waals surface area contributed by atoms with Gasteiger partial charge in [-0.25, -0.2) is 9.78 Å². The number of rotatable bonds is 4. The summed E-state index contributed by atoms with van der Waals surface area (Å²) in [5.41, 5.74) is 0.747. The Labute approximate surface area is 112 Å². The molecular weight excluding hydrogens is 268 g/mol. The van der Waals surface area contributed by atoms with Crippen molar-refractivity contribution in [2.24, 2.45) is 0 Å². The Morgan fingerprint density at radius 2 is 2.11 bits per heavy atom. The zero-order valence-electron chi connectivity index (χ0n) is 10.0. The van der Waals surface area contributed by atoms with Crippen molar-refractivity contribution < 1.29 is 14.5 Å². The van der Waals surface area contributed by atoms with E-state index in [1.165, 1.54) is 29.7 Å². The maximum atomic E-state index is 11.5. The molecule has 0 aliphatic rings. The number of benzene rings is 1. The summed E-state index contributed by atoms with van der Waals surface area (Å²) in [4.78, 5) is 26.1. The maximum absolute atomic E-state index is 11.5. The summed E-state index contributed by atoms with van der Waals surface area (Å²) in [6.45, 7) is 2.04. The van der Waals surface area contributed by atoms with Crippen LogP contribution in [0.1, 0.15) is 16.6 Å². The number of ether oxygens (including phenoxy) is 1. The molecule has 0 aliphatic carbocycles. The minimum absolute atomic E-state index is 0.0194. The zero-order chi connectivity index (χ0) is 13.8. The van der Waals surface area contributed by atoms with Gasteiger partial charge in [-0.3, -0.25) is 10.1 Å². The van der Waals surface area contributed by atoms with E-state index in [1.54, 1.807) is 19.1 Å². The van der Waals surface area contributed by atoms with E-state index in [1.807, 2.05) is 0 Å². The molecule has 2 aromatic rings. The predicted octanol–water partition coefficient (Wildman–Crippen LogP) is 2.90. The molecule has 0 saturated heterocycles. The molecule has 0 spiro atoms. The van der Waals surface area contributed by atoms with Gasteiger partial charge < -0.3 is 4.74 Å². The van der Waals surface area contributed by atoms with Crippen LogP contribution in [0.2, 0.25) is 0 Å². The number of nitrogens with zero attached hydrogens (tertiary/aromatic N) is 2. The number of non-ortho nitro benzene ring substituents is 1. The first-order valence-corrected chi connectivity index (χ1v) is 6.31. The van der Waals surface area contributed by atoms with Gasteiger partial charge in [0.1, 0.15) is 9.88 Å². The lowest BCUT2D eigenvalue weighted by atomic mass is 10.2. The van der Waals surface area contributed by atoms with Crippen LogP contribution in [0.4, 0.5) is 5.69 Å². The summed E-state index contributed by atoms with van der Waals surface area (Å²) in [5, 5.41) is 11.2. The lowest BCUT2D eigenvalue weighted by Crippen LogP contribution is -2.01. The number of nitro groups is 1. The fraction of sp³-hybridized carbons (Fsp3) is 0.167. The second kappa shape index (κ2) is 5.57. The van der Waals surface area contributed by atoms with E-state index in [2.05, 4.69) is 4.98 Å². The van der Waals surface area contributed by atoms with Gasteiger partial charge in [0, 0.05) is 17.7 Å². The molecule has 2 rings (SSSR count). The van der Waals surface area contributed by atoms with Gasteiger partial charge in [0.2, 0.25) is 0 Å². The highest BCUT2D eigenvalue weighted by Gasteiger charge is 2.13. The van der Waals surface area contributed by atoms with Crippen molar-refractivity contribution in [2.75, 3.05) is 6.61 Å². The van der Waals surface area contributed by atoms with Gasteiger partial charge in [0.05, 0.1) is 17.7 Å². The van der Waals surface area contributed by atoms with Crippen molar-refractivity contribution in [3.8, 4) is 10.6 Å². The lowest BCUT2D eigenvalue weighted by Gasteiger charge is -1.97. The minimum Gasteiger partial charge on any atom is -0.462 e. The fourth-order valence-electron chi connectivity index (χ4n) is 1.43. The van der Waals surface area contributed by atoms with E-state index in [-0.39, 0.29) is 5.69 Å². The Kier molecular flexibility index (Phi) is 3.86. The molecule has 0 bridgehead atoms. The predicted molar refractivity (Wildman–Crippen MR) is 70.2 cm³/mol. The van der Waals surface area contributed by atoms with Gasteiger partial charge in [-0.15, -0.1) is 11.3 Å². The molecule has 0 radical (unpaired) electrons. The largest absolute Gasteiger partial charge is 0.462 e. The van der Waals surface area contributed by atoms with Gasteiger partial charge in [-0.05, 0) is 19.1 Å². The van der Waals surface area contributed by atoms with Crippen LogP contribution in [0.3, 0.4) is 0 Å². The third-order valence-electron chi connectivity index (χ3n) is 2.31. The van der Waals surface area contributed by atoms with Gasteiger partial charge >= 0.3 is 5.97 Å². The summed E-state index contributed by atoms with van der Waals surface area (Å²) in [6, 6.07) is 6.01. The summed E-state index contributed by atoms with van der Waals surface area (Å²) in [6.07, 6.45) is 1.44. The summed E-state index contributed by atoms with van der Waals surface area (Å²) in [5.74, 6) is -0.409. The standard InChI is InChI=1S/C12H10N2O4S/c1-2-18-12(15)10-7-13-11(19-10)8-3-5-9(6-4-8)14(16)17/h3-7H,2H2,1H3. The molecule has 1 aromatic heterocycles. The summed E-state index contributed by atoms with van der Waals surface area (Å²) >= 11 is 1.19. The van der Waals surface area contributed by atoms with E-state index in [9.17, 15) is 14.9 Å². The normalized spacial score (nSPS) is 10.2. The first kappa shape index (κ1) is 13.2. The van der Waals surface area contributed by atoms with E-state index in [4.69, 9.17) is 4.74 Å². The van der Waals surface area contributed by atoms with Crippen molar-refractivity contribution in [2.45, 2.75) is 6.92 Å². The molecule has 6 nitrogen and oxygen atoms in total. The number of esters is 1. The molecule has 98 valence electrons. The number of carbonyl (C=O) groups is 1. The molecule has 0 aliphatic heterocycles. The molecule has 0 unspecified atom stereocenters. The Bertz CT molecular complexity index is 606. The van der Waals surface area contributed by atoms with E-state index < -0.39 is 10.9 Å². The van der Waals surface area contributed by atoms with Crippen LogP contribution in [0.5, 0.6) is 0 Å². The Morgan fingerprint density at radius 1 is 1.42 bits per heavy atom. The maximum Gasteiger partial charge on any atom is 0.349 e. The van der Waals surface area contributed by atoms with Crippen LogP contribution in [0.25, 0.3) is 10.6 Å². The van der Waals surface area contributed by atoms with E-state index in [0.717, 1.165) is 5.56 Å². The molecular formula is C12H10N2O4S. The van der Waals surface area contributed by atoms with Gasteiger partial charge in [-0.2, -0.15) is 0 Å². The molecule has 0 atom stereocenters. The molecule has 19 heavy (non-hydrogen) atoms. The minimum atomic E-state index is -0.463. The Morgan fingerprint density at radius 3 is 2.68 bits per heavy atom. The first-order valence-electron chi connectivity index (χ1n) is 5.49. The van der Waals surface area contributed by atoms with Crippen LogP contribution in [0.15, 0.2) is 30.5 Å². The number of hydrogen-bond donors (Lipinski definition) is 0. The van der Waals surface area contributed by atoms with Crippen LogP contribution in [-0.4, -0.2) is 22.5 Å². The van der Waals surface area contributed by atoms with E-state index in [0.29, 0.717) is 16.5 Å². The molecule has 7 heteroatoms. The van der Waals surface area contributed by atoms with Crippen LogP contribution >= 0.6 is 11.3 Å². The second-order valence-corrected chi connectivity index (χ2v) is 4.58.